The van der Waals surface area contributed by atoms with Gasteiger partial charge in [0.25, 0.3) is 5.91 Å². The largest absolute Gasteiger partial charge is 0.481 e. The van der Waals surface area contributed by atoms with Crippen LogP contribution < -0.4 is 10.1 Å². The smallest absolute Gasteiger partial charge is 0.261 e. The number of fused-ring (bicyclic) bond motifs is 1. The summed E-state index contributed by atoms with van der Waals surface area (Å²) in [6, 6.07) is 19.6. The topological polar surface area (TPSA) is 38.3 Å². The van der Waals surface area contributed by atoms with Crippen molar-refractivity contribution in [2.45, 2.75) is 26.5 Å². The molecule has 0 heterocycles. The van der Waals surface area contributed by atoms with Gasteiger partial charge in [0.15, 0.2) is 6.10 Å². The van der Waals surface area contributed by atoms with Crippen LogP contribution in [0.2, 0.25) is 5.02 Å². The third kappa shape index (κ3) is 4.12. The van der Waals surface area contributed by atoms with E-state index in [-0.39, 0.29) is 5.91 Å². The van der Waals surface area contributed by atoms with Gasteiger partial charge in [0.05, 0.1) is 0 Å². The second-order valence-corrected chi connectivity index (χ2v) is 6.43. The SMILES string of the molecule is Cc1cc(O[C@H](C)C(=O)NCc2cccc3ccccc23)ccc1Cl. The molecule has 0 aromatic heterocycles. The molecule has 3 aromatic carbocycles. The third-order valence-corrected chi connectivity index (χ3v) is 4.57. The first-order chi connectivity index (χ1) is 12.0. The zero-order chi connectivity index (χ0) is 17.8. The first kappa shape index (κ1) is 17.3. The lowest BCUT2D eigenvalue weighted by Crippen LogP contribution is -2.35. The standard InChI is InChI=1S/C21H20ClNO2/c1-14-12-18(10-11-20(14)22)25-15(2)21(24)23-13-17-8-5-7-16-6-3-4-9-19(16)17/h3-12,15H,13H2,1-2H3,(H,23,24)/t15-/m1/s1. The molecule has 0 bridgehead atoms. The minimum Gasteiger partial charge on any atom is -0.481 e. The second kappa shape index (κ2) is 7.58. The molecule has 0 spiro atoms. The van der Waals surface area contributed by atoms with Gasteiger partial charge in [-0.05, 0) is 53.9 Å². The van der Waals surface area contributed by atoms with Crippen LogP contribution in [0.15, 0.2) is 60.7 Å². The minimum atomic E-state index is -0.587. The van der Waals surface area contributed by atoms with E-state index in [0.29, 0.717) is 17.3 Å². The molecule has 0 aliphatic rings. The van der Waals surface area contributed by atoms with E-state index in [2.05, 4.69) is 23.5 Å². The van der Waals surface area contributed by atoms with Crippen molar-refractivity contribution >= 4 is 28.3 Å². The van der Waals surface area contributed by atoms with Gasteiger partial charge in [-0.25, -0.2) is 0 Å². The Hall–Kier alpha value is -2.52. The number of rotatable bonds is 5. The zero-order valence-electron chi connectivity index (χ0n) is 14.3. The van der Waals surface area contributed by atoms with Crippen molar-refractivity contribution in [3.05, 3.63) is 76.8 Å². The van der Waals surface area contributed by atoms with Crippen LogP contribution in [0.25, 0.3) is 10.8 Å². The van der Waals surface area contributed by atoms with Gasteiger partial charge in [-0.3, -0.25) is 4.79 Å². The van der Waals surface area contributed by atoms with Crippen molar-refractivity contribution in [1.82, 2.24) is 5.32 Å². The first-order valence-electron chi connectivity index (χ1n) is 8.22. The predicted molar refractivity (Wildman–Crippen MR) is 102 cm³/mol. The Kier molecular flexibility index (Phi) is 5.25. The van der Waals surface area contributed by atoms with Crippen LogP contribution in [0.3, 0.4) is 0 Å². The maximum absolute atomic E-state index is 12.3. The van der Waals surface area contributed by atoms with Crippen molar-refractivity contribution in [2.75, 3.05) is 0 Å². The molecule has 0 fully saturated rings. The van der Waals surface area contributed by atoms with Crippen molar-refractivity contribution in [1.29, 1.82) is 0 Å². The molecule has 3 rings (SSSR count). The number of aryl methyl sites for hydroxylation is 1. The molecule has 128 valence electrons. The van der Waals surface area contributed by atoms with E-state index >= 15 is 0 Å². The molecule has 0 saturated heterocycles. The molecule has 0 saturated carbocycles. The lowest BCUT2D eigenvalue weighted by atomic mass is 10.0. The number of benzene rings is 3. The van der Waals surface area contributed by atoms with Gasteiger partial charge in [-0.1, -0.05) is 54.1 Å². The summed E-state index contributed by atoms with van der Waals surface area (Å²) in [7, 11) is 0. The minimum absolute atomic E-state index is 0.152. The van der Waals surface area contributed by atoms with Crippen LogP contribution in [-0.2, 0) is 11.3 Å². The highest BCUT2D eigenvalue weighted by Crippen LogP contribution is 2.22. The molecule has 1 amide bonds. The van der Waals surface area contributed by atoms with E-state index in [9.17, 15) is 4.79 Å². The Morgan fingerprint density at radius 3 is 2.68 bits per heavy atom. The maximum atomic E-state index is 12.3. The van der Waals surface area contributed by atoms with Crippen molar-refractivity contribution in [3.63, 3.8) is 0 Å². The monoisotopic (exact) mass is 353 g/mol. The summed E-state index contributed by atoms with van der Waals surface area (Å²) >= 11 is 6.01. The predicted octanol–water partition coefficient (Wildman–Crippen LogP) is 4.89. The van der Waals surface area contributed by atoms with Crippen molar-refractivity contribution in [2.24, 2.45) is 0 Å². The Morgan fingerprint density at radius 2 is 1.88 bits per heavy atom. The van der Waals surface area contributed by atoms with Crippen LogP contribution in [0.1, 0.15) is 18.1 Å². The molecule has 1 N–H and O–H groups in total. The molecule has 1 atom stereocenters. The van der Waals surface area contributed by atoms with Crippen molar-refractivity contribution in [3.8, 4) is 5.75 Å². The molecule has 0 unspecified atom stereocenters. The Balaban J connectivity index is 1.64. The van der Waals surface area contributed by atoms with E-state index in [1.807, 2.05) is 37.3 Å². The number of amides is 1. The quantitative estimate of drug-likeness (QED) is 0.709. The molecule has 3 nitrogen and oxygen atoms in total. The highest BCUT2D eigenvalue weighted by atomic mass is 35.5. The summed E-state index contributed by atoms with van der Waals surface area (Å²) in [5.74, 6) is 0.482. The van der Waals surface area contributed by atoms with E-state index in [1.54, 1.807) is 19.1 Å². The number of nitrogens with one attached hydrogen (secondary N) is 1. The highest BCUT2D eigenvalue weighted by molar-refractivity contribution is 6.31. The number of carbonyl (C=O) groups excluding carboxylic acids is 1. The van der Waals surface area contributed by atoms with E-state index in [1.165, 1.54) is 0 Å². The van der Waals surface area contributed by atoms with Gasteiger partial charge in [0, 0.05) is 11.6 Å². The van der Waals surface area contributed by atoms with Gasteiger partial charge < -0.3 is 10.1 Å². The Morgan fingerprint density at radius 1 is 1.12 bits per heavy atom. The summed E-state index contributed by atoms with van der Waals surface area (Å²) in [6.07, 6.45) is -0.587. The molecule has 3 aromatic rings. The Bertz CT molecular complexity index is 902. The molecule has 25 heavy (non-hydrogen) atoms. The number of hydrogen-bond acceptors (Lipinski definition) is 2. The van der Waals surface area contributed by atoms with Crippen LogP contribution in [0.4, 0.5) is 0 Å². The number of ether oxygens (including phenoxy) is 1. The van der Waals surface area contributed by atoms with Gasteiger partial charge in [-0.15, -0.1) is 0 Å². The summed E-state index contributed by atoms with van der Waals surface area (Å²) in [5.41, 5.74) is 2.00. The normalized spacial score (nSPS) is 12.0. The molecule has 0 radical (unpaired) electrons. The van der Waals surface area contributed by atoms with Crippen LogP contribution >= 0.6 is 11.6 Å². The molecule has 0 aliphatic heterocycles. The lowest BCUT2D eigenvalue weighted by Gasteiger charge is -2.16. The summed E-state index contributed by atoms with van der Waals surface area (Å²) in [6.45, 7) is 4.11. The third-order valence-electron chi connectivity index (χ3n) is 4.14. The lowest BCUT2D eigenvalue weighted by molar-refractivity contribution is -0.127. The van der Waals surface area contributed by atoms with Gasteiger partial charge >= 0.3 is 0 Å². The van der Waals surface area contributed by atoms with Crippen LogP contribution in [0.5, 0.6) is 5.75 Å². The maximum Gasteiger partial charge on any atom is 0.261 e. The molecular formula is C21H20ClNO2. The fraction of sp³-hybridized carbons (Fsp3) is 0.190. The van der Waals surface area contributed by atoms with Crippen LogP contribution in [0, 0.1) is 6.92 Å². The van der Waals surface area contributed by atoms with E-state index < -0.39 is 6.10 Å². The van der Waals surface area contributed by atoms with Gasteiger partial charge in [0.1, 0.15) is 5.75 Å². The summed E-state index contributed by atoms with van der Waals surface area (Å²) in [4.78, 5) is 12.3. The van der Waals surface area contributed by atoms with E-state index in [4.69, 9.17) is 16.3 Å². The fourth-order valence-corrected chi connectivity index (χ4v) is 2.84. The molecular weight excluding hydrogens is 334 g/mol. The zero-order valence-corrected chi connectivity index (χ0v) is 15.0. The summed E-state index contributed by atoms with van der Waals surface area (Å²) < 4.78 is 5.72. The number of halogens is 1. The fourth-order valence-electron chi connectivity index (χ4n) is 2.72. The van der Waals surface area contributed by atoms with Gasteiger partial charge in [0.2, 0.25) is 0 Å². The first-order valence-corrected chi connectivity index (χ1v) is 8.59. The Labute approximate surface area is 152 Å². The molecule has 4 heteroatoms. The number of carbonyl (C=O) groups is 1. The average molecular weight is 354 g/mol. The number of hydrogen-bond donors (Lipinski definition) is 1. The summed E-state index contributed by atoms with van der Waals surface area (Å²) in [5, 5.41) is 5.94. The van der Waals surface area contributed by atoms with Crippen molar-refractivity contribution < 1.29 is 9.53 Å². The average Bonchev–Trinajstić information content (AvgIpc) is 2.62. The van der Waals surface area contributed by atoms with E-state index in [0.717, 1.165) is 21.9 Å². The van der Waals surface area contributed by atoms with Gasteiger partial charge in [-0.2, -0.15) is 0 Å². The molecule has 0 aliphatic carbocycles. The highest BCUT2D eigenvalue weighted by Gasteiger charge is 2.15. The second-order valence-electron chi connectivity index (χ2n) is 6.03. The van der Waals surface area contributed by atoms with Crippen LogP contribution in [-0.4, -0.2) is 12.0 Å².